The number of carbonyl (C=O) groups is 2. The summed E-state index contributed by atoms with van der Waals surface area (Å²) in [5, 5.41) is 0. The molecule has 26 heavy (non-hydrogen) atoms. The van der Waals surface area contributed by atoms with E-state index in [2.05, 4.69) is 0 Å². The molecule has 0 unspecified atom stereocenters. The highest BCUT2D eigenvalue weighted by atomic mass is 16.5. The third-order valence-electron chi connectivity index (χ3n) is 5.55. The predicted molar refractivity (Wildman–Crippen MR) is 101 cm³/mol. The van der Waals surface area contributed by atoms with Crippen LogP contribution in [0.25, 0.3) is 0 Å². The molecule has 0 spiro atoms. The van der Waals surface area contributed by atoms with Gasteiger partial charge in [-0.15, -0.1) is 0 Å². The lowest BCUT2D eigenvalue weighted by Gasteiger charge is -2.37. The Balaban J connectivity index is 1.56. The van der Waals surface area contributed by atoms with Crippen LogP contribution in [-0.2, 0) is 4.79 Å². The number of rotatable bonds is 4. The highest BCUT2D eigenvalue weighted by molar-refractivity contribution is 5.94. The van der Waals surface area contributed by atoms with E-state index >= 15 is 0 Å². The van der Waals surface area contributed by atoms with Gasteiger partial charge in [-0.2, -0.15) is 0 Å². The van der Waals surface area contributed by atoms with E-state index in [4.69, 9.17) is 4.74 Å². The molecular weight excluding hydrogens is 328 g/mol. The fraction of sp³-hybridized carbons (Fsp3) is 0.619. The number of ether oxygens (including phenoxy) is 1. The largest absolute Gasteiger partial charge is 0.494 e. The number of hydrogen-bond donors (Lipinski definition) is 0. The van der Waals surface area contributed by atoms with Gasteiger partial charge in [0.2, 0.25) is 5.91 Å². The molecule has 1 saturated heterocycles. The third-order valence-corrected chi connectivity index (χ3v) is 5.55. The normalized spacial score (nSPS) is 18.7. The molecule has 1 saturated carbocycles. The molecule has 2 fully saturated rings. The van der Waals surface area contributed by atoms with Crippen LogP contribution in [0.15, 0.2) is 18.2 Å². The summed E-state index contributed by atoms with van der Waals surface area (Å²) in [4.78, 5) is 29.3. The van der Waals surface area contributed by atoms with Gasteiger partial charge < -0.3 is 14.5 Å². The molecular formula is C21H30N2O3. The number of carbonyl (C=O) groups excluding carboxylic acids is 2. The molecule has 0 aromatic heterocycles. The van der Waals surface area contributed by atoms with Crippen molar-refractivity contribution in [3.05, 3.63) is 29.3 Å². The molecule has 5 nitrogen and oxygen atoms in total. The van der Waals surface area contributed by atoms with Gasteiger partial charge in [-0.05, 0) is 50.5 Å². The van der Waals surface area contributed by atoms with Crippen molar-refractivity contribution < 1.29 is 14.3 Å². The lowest BCUT2D eigenvalue weighted by Crippen LogP contribution is -2.52. The van der Waals surface area contributed by atoms with Crippen LogP contribution in [0.5, 0.6) is 5.75 Å². The minimum atomic E-state index is 0.0425. The zero-order chi connectivity index (χ0) is 18.5. The number of hydrogen-bond acceptors (Lipinski definition) is 3. The van der Waals surface area contributed by atoms with Gasteiger partial charge in [0.05, 0.1) is 6.61 Å². The van der Waals surface area contributed by atoms with Gasteiger partial charge in [-0.3, -0.25) is 9.59 Å². The van der Waals surface area contributed by atoms with Gasteiger partial charge in [0.1, 0.15) is 5.75 Å². The smallest absolute Gasteiger partial charge is 0.253 e. The topological polar surface area (TPSA) is 49.9 Å². The molecule has 142 valence electrons. The van der Waals surface area contributed by atoms with E-state index in [1.807, 2.05) is 41.8 Å². The van der Waals surface area contributed by atoms with Crippen LogP contribution in [0, 0.1) is 12.8 Å². The maximum atomic E-state index is 12.8. The zero-order valence-corrected chi connectivity index (χ0v) is 16.0. The Bertz CT molecular complexity index is 645. The van der Waals surface area contributed by atoms with Gasteiger partial charge in [-0.1, -0.05) is 19.3 Å². The fourth-order valence-electron chi connectivity index (χ4n) is 4.02. The number of piperazine rings is 1. The number of nitrogens with zero attached hydrogens (tertiary/aromatic N) is 2. The van der Waals surface area contributed by atoms with E-state index in [0.717, 1.165) is 24.2 Å². The summed E-state index contributed by atoms with van der Waals surface area (Å²) in [6.07, 6.45) is 5.67. The van der Waals surface area contributed by atoms with E-state index < -0.39 is 0 Å². The zero-order valence-electron chi connectivity index (χ0n) is 16.0. The van der Waals surface area contributed by atoms with Gasteiger partial charge in [0.15, 0.2) is 0 Å². The number of benzene rings is 1. The average molecular weight is 358 g/mol. The Morgan fingerprint density at radius 2 is 1.69 bits per heavy atom. The van der Waals surface area contributed by atoms with Crippen molar-refractivity contribution in [1.82, 2.24) is 9.80 Å². The molecule has 1 aliphatic heterocycles. The van der Waals surface area contributed by atoms with Crippen LogP contribution >= 0.6 is 0 Å². The first-order valence-corrected chi connectivity index (χ1v) is 9.91. The van der Waals surface area contributed by atoms with Crippen LogP contribution in [0.4, 0.5) is 0 Å². The summed E-state index contributed by atoms with van der Waals surface area (Å²) < 4.78 is 5.55. The minimum absolute atomic E-state index is 0.0425. The van der Waals surface area contributed by atoms with Gasteiger partial charge in [-0.25, -0.2) is 0 Å². The quantitative estimate of drug-likeness (QED) is 0.830. The Morgan fingerprint density at radius 3 is 2.31 bits per heavy atom. The first-order valence-electron chi connectivity index (χ1n) is 9.91. The van der Waals surface area contributed by atoms with E-state index in [1.54, 1.807) is 0 Å². The van der Waals surface area contributed by atoms with Crippen molar-refractivity contribution in [3.8, 4) is 5.75 Å². The summed E-state index contributed by atoms with van der Waals surface area (Å²) in [5.74, 6) is 1.38. The van der Waals surface area contributed by atoms with E-state index in [1.165, 1.54) is 19.3 Å². The summed E-state index contributed by atoms with van der Waals surface area (Å²) >= 11 is 0. The monoisotopic (exact) mass is 358 g/mol. The van der Waals surface area contributed by atoms with E-state index in [0.29, 0.717) is 44.3 Å². The SMILES string of the molecule is CCOc1ccc(C(=O)N2CCN(C(=O)C3CCCCC3)CC2)cc1C. The molecule has 1 aromatic rings. The lowest BCUT2D eigenvalue weighted by atomic mass is 9.88. The standard InChI is InChI=1S/C21H30N2O3/c1-3-26-19-10-9-18(15-16(19)2)21(25)23-13-11-22(12-14-23)20(24)17-7-5-4-6-8-17/h9-10,15,17H,3-8,11-14H2,1-2H3. The second-order valence-electron chi connectivity index (χ2n) is 7.37. The molecule has 1 aliphatic carbocycles. The molecule has 5 heteroatoms. The Kier molecular flexibility index (Phi) is 6.17. The third kappa shape index (κ3) is 4.19. The van der Waals surface area contributed by atoms with E-state index in [-0.39, 0.29) is 11.8 Å². The van der Waals surface area contributed by atoms with Crippen molar-refractivity contribution >= 4 is 11.8 Å². The van der Waals surface area contributed by atoms with Crippen molar-refractivity contribution in [2.24, 2.45) is 5.92 Å². The summed E-state index contributed by atoms with van der Waals surface area (Å²) in [6, 6.07) is 5.60. The van der Waals surface area contributed by atoms with Gasteiger partial charge in [0, 0.05) is 37.7 Å². The fourth-order valence-corrected chi connectivity index (χ4v) is 4.02. The second-order valence-corrected chi connectivity index (χ2v) is 7.37. The molecule has 0 bridgehead atoms. The van der Waals surface area contributed by atoms with Gasteiger partial charge in [0.25, 0.3) is 5.91 Å². The average Bonchev–Trinajstić information content (AvgIpc) is 2.69. The van der Waals surface area contributed by atoms with Crippen LogP contribution in [0.3, 0.4) is 0 Å². The van der Waals surface area contributed by atoms with Crippen LogP contribution in [0.2, 0.25) is 0 Å². The van der Waals surface area contributed by atoms with Crippen LogP contribution < -0.4 is 4.74 Å². The molecule has 0 atom stereocenters. The Labute approximate surface area is 156 Å². The van der Waals surface area contributed by atoms with Crippen molar-refractivity contribution in [3.63, 3.8) is 0 Å². The van der Waals surface area contributed by atoms with Crippen LogP contribution in [-0.4, -0.2) is 54.4 Å². The molecule has 1 aromatic carbocycles. The lowest BCUT2D eigenvalue weighted by molar-refractivity contribution is -0.138. The van der Waals surface area contributed by atoms with Gasteiger partial charge >= 0.3 is 0 Å². The second kappa shape index (κ2) is 8.56. The highest BCUT2D eigenvalue weighted by Gasteiger charge is 2.30. The predicted octanol–water partition coefficient (Wildman–Crippen LogP) is 3.26. The van der Waals surface area contributed by atoms with Crippen molar-refractivity contribution in [1.29, 1.82) is 0 Å². The van der Waals surface area contributed by atoms with Crippen molar-refractivity contribution in [2.45, 2.75) is 46.0 Å². The highest BCUT2D eigenvalue weighted by Crippen LogP contribution is 2.26. The molecule has 2 aliphatic rings. The molecule has 3 rings (SSSR count). The van der Waals surface area contributed by atoms with E-state index in [9.17, 15) is 9.59 Å². The summed E-state index contributed by atoms with van der Waals surface area (Å²) in [6.45, 7) is 7.06. The summed E-state index contributed by atoms with van der Waals surface area (Å²) in [5.41, 5.74) is 1.67. The first kappa shape index (κ1) is 18.7. The molecule has 0 N–H and O–H groups in total. The Morgan fingerprint density at radius 1 is 1.04 bits per heavy atom. The Hall–Kier alpha value is -2.04. The number of aryl methyl sites for hydroxylation is 1. The molecule has 2 amide bonds. The maximum absolute atomic E-state index is 12.8. The molecule has 1 heterocycles. The minimum Gasteiger partial charge on any atom is -0.494 e. The van der Waals surface area contributed by atoms with Crippen molar-refractivity contribution in [2.75, 3.05) is 32.8 Å². The van der Waals surface area contributed by atoms with Crippen LogP contribution in [0.1, 0.15) is 54.9 Å². The molecule has 0 radical (unpaired) electrons. The number of amides is 2. The maximum Gasteiger partial charge on any atom is 0.253 e. The first-order chi connectivity index (χ1) is 12.6. The summed E-state index contributed by atoms with van der Waals surface area (Å²) in [7, 11) is 0.